The van der Waals surface area contributed by atoms with Crippen LogP contribution in [-0.2, 0) is 10.9 Å². The summed E-state index contributed by atoms with van der Waals surface area (Å²) >= 11 is 5.94. The second-order valence-corrected chi connectivity index (χ2v) is 4.24. The third kappa shape index (κ3) is 2.18. The first-order chi connectivity index (χ1) is 7.50. The molecule has 0 bridgehead atoms. The van der Waals surface area contributed by atoms with Crippen molar-refractivity contribution in [1.29, 1.82) is 0 Å². The minimum atomic E-state index is -4.36. The van der Waals surface area contributed by atoms with Gasteiger partial charge in [-0.1, -0.05) is 18.2 Å². The van der Waals surface area contributed by atoms with Gasteiger partial charge in [0.15, 0.2) is 0 Å². The van der Waals surface area contributed by atoms with E-state index in [0.29, 0.717) is 13.0 Å². The fourth-order valence-corrected chi connectivity index (χ4v) is 2.15. The van der Waals surface area contributed by atoms with Gasteiger partial charge in [0.1, 0.15) is 0 Å². The van der Waals surface area contributed by atoms with Crippen LogP contribution in [-0.4, -0.2) is 12.0 Å². The molecule has 1 aliphatic rings. The highest BCUT2D eigenvalue weighted by Crippen LogP contribution is 2.40. The molecular weight excluding hydrogens is 241 g/mol. The van der Waals surface area contributed by atoms with Gasteiger partial charge in [-0.15, -0.1) is 11.6 Å². The number of benzene rings is 1. The Hall–Kier alpha value is -0.740. The summed E-state index contributed by atoms with van der Waals surface area (Å²) in [6, 6.07) is 5.41. The molecule has 1 nitrogen and oxygen atoms in total. The van der Waals surface area contributed by atoms with Gasteiger partial charge in [-0.2, -0.15) is 13.2 Å². The standard InChI is InChI=1S/C11H10ClF3O/c12-9-5-6-16-10(9)7-3-1-2-4-8(7)11(13,14)15/h1-4,9-10H,5-6H2/t9-,10-/m0/s1. The number of alkyl halides is 4. The first-order valence-corrected chi connectivity index (χ1v) is 5.35. The van der Waals surface area contributed by atoms with E-state index in [4.69, 9.17) is 16.3 Å². The van der Waals surface area contributed by atoms with Crippen molar-refractivity contribution in [3.05, 3.63) is 35.4 Å². The van der Waals surface area contributed by atoms with Crippen LogP contribution in [0.25, 0.3) is 0 Å². The Bertz CT molecular complexity index is 378. The van der Waals surface area contributed by atoms with E-state index in [9.17, 15) is 13.2 Å². The van der Waals surface area contributed by atoms with Crippen LogP contribution in [0.1, 0.15) is 23.7 Å². The Morgan fingerprint density at radius 3 is 2.50 bits per heavy atom. The van der Waals surface area contributed by atoms with E-state index in [2.05, 4.69) is 0 Å². The Kier molecular flexibility index (Phi) is 3.13. The van der Waals surface area contributed by atoms with E-state index >= 15 is 0 Å². The molecule has 0 amide bonds. The third-order valence-electron chi connectivity index (χ3n) is 2.59. The molecule has 1 saturated heterocycles. The number of ether oxygens (including phenoxy) is 1. The number of halogens is 4. The van der Waals surface area contributed by atoms with E-state index < -0.39 is 17.8 Å². The lowest BCUT2D eigenvalue weighted by atomic mass is 10.00. The maximum Gasteiger partial charge on any atom is 0.416 e. The van der Waals surface area contributed by atoms with Crippen LogP contribution >= 0.6 is 11.6 Å². The molecule has 1 fully saturated rings. The quantitative estimate of drug-likeness (QED) is 0.690. The molecule has 5 heteroatoms. The molecule has 0 unspecified atom stereocenters. The van der Waals surface area contributed by atoms with E-state index in [0.717, 1.165) is 6.07 Å². The molecule has 1 aliphatic heterocycles. The molecule has 2 atom stereocenters. The maximum absolute atomic E-state index is 12.7. The van der Waals surface area contributed by atoms with Crippen molar-refractivity contribution in [2.24, 2.45) is 0 Å². The molecule has 0 N–H and O–H groups in total. The summed E-state index contributed by atoms with van der Waals surface area (Å²) in [6.07, 6.45) is -4.43. The van der Waals surface area contributed by atoms with E-state index in [1.807, 2.05) is 0 Å². The van der Waals surface area contributed by atoms with Crippen molar-refractivity contribution in [1.82, 2.24) is 0 Å². The lowest BCUT2D eigenvalue weighted by molar-refractivity contribution is -0.139. The monoisotopic (exact) mass is 250 g/mol. The van der Waals surface area contributed by atoms with Gasteiger partial charge in [0.2, 0.25) is 0 Å². The fourth-order valence-electron chi connectivity index (χ4n) is 1.85. The zero-order valence-electron chi connectivity index (χ0n) is 8.30. The summed E-state index contributed by atoms with van der Waals surface area (Å²) in [5.41, 5.74) is -0.528. The molecule has 1 aromatic carbocycles. The van der Waals surface area contributed by atoms with Crippen molar-refractivity contribution in [2.45, 2.75) is 24.1 Å². The maximum atomic E-state index is 12.7. The van der Waals surface area contributed by atoms with Crippen molar-refractivity contribution in [2.75, 3.05) is 6.61 Å². The van der Waals surface area contributed by atoms with Gasteiger partial charge in [-0.3, -0.25) is 0 Å². The molecule has 1 aromatic rings. The van der Waals surface area contributed by atoms with E-state index in [-0.39, 0.29) is 10.9 Å². The minimum Gasteiger partial charge on any atom is -0.372 e. The van der Waals surface area contributed by atoms with Crippen molar-refractivity contribution in [3.8, 4) is 0 Å². The molecule has 16 heavy (non-hydrogen) atoms. The Labute approximate surface area is 96.2 Å². The highest BCUT2D eigenvalue weighted by molar-refractivity contribution is 6.21. The van der Waals surface area contributed by atoms with Gasteiger partial charge in [-0.05, 0) is 18.1 Å². The topological polar surface area (TPSA) is 9.23 Å². The van der Waals surface area contributed by atoms with Crippen LogP contribution < -0.4 is 0 Å². The molecule has 0 radical (unpaired) electrons. The molecular formula is C11H10ClF3O. The van der Waals surface area contributed by atoms with Gasteiger partial charge in [0.05, 0.1) is 17.0 Å². The number of rotatable bonds is 1. The summed E-state index contributed by atoms with van der Waals surface area (Å²) in [6.45, 7) is 0.408. The second kappa shape index (κ2) is 4.26. The summed E-state index contributed by atoms with van der Waals surface area (Å²) in [5.74, 6) is 0. The van der Waals surface area contributed by atoms with Crippen LogP contribution in [0.15, 0.2) is 24.3 Å². The minimum absolute atomic E-state index is 0.132. The number of hydrogen-bond donors (Lipinski definition) is 0. The Morgan fingerprint density at radius 2 is 1.94 bits per heavy atom. The van der Waals surface area contributed by atoms with Gasteiger partial charge in [-0.25, -0.2) is 0 Å². The van der Waals surface area contributed by atoms with Crippen LogP contribution in [0.5, 0.6) is 0 Å². The van der Waals surface area contributed by atoms with Crippen LogP contribution in [0.4, 0.5) is 13.2 Å². The Morgan fingerprint density at radius 1 is 1.25 bits per heavy atom. The van der Waals surface area contributed by atoms with Crippen LogP contribution in [0, 0.1) is 0 Å². The lowest BCUT2D eigenvalue weighted by Crippen LogP contribution is -2.15. The first kappa shape index (κ1) is 11.7. The molecule has 2 rings (SSSR count). The van der Waals surface area contributed by atoms with Crippen molar-refractivity contribution < 1.29 is 17.9 Å². The van der Waals surface area contributed by atoms with E-state index in [1.165, 1.54) is 12.1 Å². The highest BCUT2D eigenvalue weighted by atomic mass is 35.5. The van der Waals surface area contributed by atoms with Gasteiger partial charge in [0.25, 0.3) is 0 Å². The number of hydrogen-bond acceptors (Lipinski definition) is 1. The third-order valence-corrected chi connectivity index (χ3v) is 3.04. The summed E-state index contributed by atoms with van der Waals surface area (Å²) in [5, 5.41) is -0.386. The molecule has 0 aliphatic carbocycles. The normalized spacial score (nSPS) is 26.0. The molecule has 88 valence electrons. The van der Waals surface area contributed by atoms with Crippen molar-refractivity contribution in [3.63, 3.8) is 0 Å². The highest BCUT2D eigenvalue weighted by Gasteiger charge is 2.38. The summed E-state index contributed by atoms with van der Waals surface area (Å²) in [4.78, 5) is 0. The van der Waals surface area contributed by atoms with Crippen molar-refractivity contribution >= 4 is 11.6 Å². The predicted octanol–water partition coefficient (Wildman–Crippen LogP) is 3.77. The zero-order valence-corrected chi connectivity index (χ0v) is 9.05. The smallest absolute Gasteiger partial charge is 0.372 e. The summed E-state index contributed by atoms with van der Waals surface area (Å²) < 4.78 is 43.4. The van der Waals surface area contributed by atoms with Gasteiger partial charge in [0, 0.05) is 6.61 Å². The molecule has 0 saturated carbocycles. The largest absolute Gasteiger partial charge is 0.416 e. The zero-order chi connectivity index (χ0) is 11.8. The van der Waals surface area contributed by atoms with Gasteiger partial charge < -0.3 is 4.74 Å². The van der Waals surface area contributed by atoms with Gasteiger partial charge >= 0.3 is 6.18 Å². The average Bonchev–Trinajstić information content (AvgIpc) is 2.63. The SMILES string of the molecule is FC(F)(F)c1ccccc1[C@@H]1OCC[C@@H]1Cl. The molecule has 0 spiro atoms. The van der Waals surface area contributed by atoms with Crippen LogP contribution in [0.3, 0.4) is 0 Å². The average molecular weight is 251 g/mol. The Balaban J connectivity index is 2.40. The first-order valence-electron chi connectivity index (χ1n) is 4.92. The summed E-state index contributed by atoms with van der Waals surface area (Å²) in [7, 11) is 0. The van der Waals surface area contributed by atoms with Crippen LogP contribution in [0.2, 0.25) is 0 Å². The fraction of sp³-hybridized carbons (Fsp3) is 0.455. The molecule has 0 aromatic heterocycles. The lowest BCUT2D eigenvalue weighted by Gasteiger charge is -2.19. The second-order valence-electron chi connectivity index (χ2n) is 3.68. The van der Waals surface area contributed by atoms with E-state index in [1.54, 1.807) is 6.07 Å². The predicted molar refractivity (Wildman–Crippen MR) is 54.4 cm³/mol. The molecule has 1 heterocycles.